The number of aromatic nitrogens is 4. The SMILES string of the molecule is COc1cc2c(cc1OC)C(=O)[C@@H](Sc1cc(C)nc3ncnn13)C2. The molecule has 0 amide bonds. The molecule has 0 unspecified atom stereocenters. The van der Waals surface area contributed by atoms with Crippen molar-refractivity contribution in [2.75, 3.05) is 14.2 Å². The van der Waals surface area contributed by atoms with Crippen LogP contribution in [0.3, 0.4) is 0 Å². The summed E-state index contributed by atoms with van der Waals surface area (Å²) in [5.74, 6) is 1.83. The number of methoxy groups -OCH3 is 2. The predicted octanol–water partition coefficient (Wildman–Crippen LogP) is 2.35. The molecule has 0 aliphatic heterocycles. The van der Waals surface area contributed by atoms with Crippen LogP contribution in [0.2, 0.25) is 0 Å². The first kappa shape index (κ1) is 15.9. The van der Waals surface area contributed by atoms with E-state index in [1.165, 1.54) is 18.1 Å². The third-order valence-corrected chi connectivity index (χ3v) is 5.38. The van der Waals surface area contributed by atoms with Gasteiger partial charge in [0, 0.05) is 11.3 Å². The lowest BCUT2D eigenvalue weighted by molar-refractivity contribution is 0.1000. The molecule has 2 heterocycles. The fraction of sp³-hybridized carbons (Fsp3) is 0.294. The van der Waals surface area contributed by atoms with Crippen LogP contribution in [0.5, 0.6) is 11.5 Å². The number of fused-ring (bicyclic) bond motifs is 2. The second-order valence-corrected chi connectivity index (χ2v) is 6.97. The van der Waals surface area contributed by atoms with Gasteiger partial charge in [0.15, 0.2) is 17.3 Å². The van der Waals surface area contributed by atoms with E-state index in [9.17, 15) is 4.79 Å². The molecular formula is C17H16N4O3S. The largest absolute Gasteiger partial charge is 0.493 e. The molecule has 0 spiro atoms. The zero-order valence-electron chi connectivity index (χ0n) is 14.0. The minimum absolute atomic E-state index is 0.0867. The molecule has 0 saturated heterocycles. The van der Waals surface area contributed by atoms with Gasteiger partial charge in [-0.15, -0.1) is 0 Å². The highest BCUT2D eigenvalue weighted by Gasteiger charge is 2.33. The van der Waals surface area contributed by atoms with Crippen LogP contribution in [-0.4, -0.2) is 44.8 Å². The highest BCUT2D eigenvalue weighted by atomic mass is 32.2. The Morgan fingerprint density at radius 3 is 2.72 bits per heavy atom. The van der Waals surface area contributed by atoms with Crippen molar-refractivity contribution < 1.29 is 14.3 Å². The number of hydrogen-bond acceptors (Lipinski definition) is 7. The summed E-state index contributed by atoms with van der Waals surface area (Å²) in [5, 5.41) is 4.83. The average molecular weight is 356 g/mol. The van der Waals surface area contributed by atoms with Gasteiger partial charge >= 0.3 is 0 Å². The zero-order valence-corrected chi connectivity index (χ0v) is 14.8. The molecule has 2 aromatic heterocycles. The van der Waals surface area contributed by atoms with E-state index in [0.717, 1.165) is 16.3 Å². The summed E-state index contributed by atoms with van der Waals surface area (Å²) in [5.41, 5.74) is 2.51. The fourth-order valence-electron chi connectivity index (χ4n) is 3.01. The van der Waals surface area contributed by atoms with Crippen LogP contribution in [0.1, 0.15) is 21.6 Å². The Morgan fingerprint density at radius 1 is 1.20 bits per heavy atom. The van der Waals surface area contributed by atoms with Crippen molar-refractivity contribution in [2.24, 2.45) is 0 Å². The Balaban J connectivity index is 1.68. The number of ether oxygens (including phenoxy) is 2. The van der Waals surface area contributed by atoms with Gasteiger partial charge < -0.3 is 9.47 Å². The first-order valence-electron chi connectivity index (χ1n) is 7.74. The molecule has 3 aromatic rings. The lowest BCUT2D eigenvalue weighted by Crippen LogP contribution is -2.12. The molecule has 128 valence electrons. The predicted molar refractivity (Wildman–Crippen MR) is 92.7 cm³/mol. The minimum Gasteiger partial charge on any atom is -0.493 e. The van der Waals surface area contributed by atoms with Crippen LogP contribution in [0.4, 0.5) is 0 Å². The number of Topliss-reactive ketones (excluding diaryl/α,β-unsaturated/α-hetero) is 1. The second kappa shape index (κ2) is 6.03. The lowest BCUT2D eigenvalue weighted by atomic mass is 10.1. The van der Waals surface area contributed by atoms with E-state index in [2.05, 4.69) is 15.1 Å². The standard InChI is InChI=1S/C17H16N4O3S/c1-9-4-15(21-17(20-9)18-8-19-21)25-14-6-10-5-12(23-2)13(24-3)7-11(10)16(14)22/h4-5,7-8,14H,6H2,1-3H3/t14-/m0/s1. The fourth-order valence-corrected chi connectivity index (χ4v) is 4.26. The van der Waals surface area contributed by atoms with Gasteiger partial charge in [0.2, 0.25) is 0 Å². The van der Waals surface area contributed by atoms with E-state index in [-0.39, 0.29) is 11.0 Å². The van der Waals surface area contributed by atoms with E-state index >= 15 is 0 Å². The molecule has 7 nitrogen and oxygen atoms in total. The number of hydrogen-bond donors (Lipinski definition) is 0. The molecule has 4 rings (SSSR count). The quantitative estimate of drug-likeness (QED) is 0.664. The molecule has 25 heavy (non-hydrogen) atoms. The van der Waals surface area contributed by atoms with Crippen LogP contribution >= 0.6 is 11.8 Å². The number of carbonyl (C=O) groups excluding carboxylic acids is 1. The molecule has 0 bridgehead atoms. The van der Waals surface area contributed by atoms with Crippen molar-refractivity contribution in [2.45, 2.75) is 23.6 Å². The third kappa shape index (κ3) is 2.62. The molecule has 0 fully saturated rings. The molecule has 1 aliphatic rings. The normalized spacial score (nSPS) is 16.3. The summed E-state index contributed by atoms with van der Waals surface area (Å²) in [7, 11) is 3.16. The van der Waals surface area contributed by atoms with Crippen LogP contribution in [0, 0.1) is 6.92 Å². The minimum atomic E-state index is -0.221. The van der Waals surface area contributed by atoms with Crippen molar-refractivity contribution in [3.8, 4) is 11.5 Å². The number of rotatable bonds is 4. The Labute approximate surface area is 148 Å². The summed E-state index contributed by atoms with van der Waals surface area (Å²) < 4.78 is 12.3. The second-order valence-electron chi connectivity index (χ2n) is 5.75. The van der Waals surface area contributed by atoms with E-state index < -0.39 is 0 Å². The third-order valence-electron chi connectivity index (χ3n) is 4.18. The van der Waals surface area contributed by atoms with Crippen LogP contribution in [0.25, 0.3) is 5.78 Å². The van der Waals surface area contributed by atoms with Gasteiger partial charge in [-0.1, -0.05) is 11.8 Å². The maximum Gasteiger partial charge on any atom is 0.253 e. The van der Waals surface area contributed by atoms with Gasteiger partial charge in [0.1, 0.15) is 11.4 Å². The molecule has 8 heteroatoms. The molecule has 1 atom stereocenters. The maximum atomic E-state index is 12.9. The molecule has 0 saturated carbocycles. The van der Waals surface area contributed by atoms with Gasteiger partial charge in [-0.25, -0.2) is 4.98 Å². The summed E-state index contributed by atoms with van der Waals surface area (Å²) in [6.45, 7) is 1.90. The summed E-state index contributed by atoms with van der Waals surface area (Å²) in [6, 6.07) is 5.57. The lowest BCUT2D eigenvalue weighted by Gasteiger charge is -2.09. The smallest absolute Gasteiger partial charge is 0.253 e. The van der Waals surface area contributed by atoms with E-state index in [1.54, 1.807) is 24.8 Å². The first-order valence-corrected chi connectivity index (χ1v) is 8.62. The molecular weight excluding hydrogens is 340 g/mol. The van der Waals surface area contributed by atoms with Crippen molar-refractivity contribution in [1.82, 2.24) is 19.6 Å². The number of nitrogens with zero attached hydrogens (tertiary/aromatic N) is 4. The molecule has 0 radical (unpaired) electrons. The average Bonchev–Trinajstić information content (AvgIpc) is 3.18. The molecule has 1 aromatic carbocycles. The Kier molecular flexibility index (Phi) is 3.84. The molecule has 0 N–H and O–H groups in total. The van der Waals surface area contributed by atoms with Gasteiger partial charge in [0.25, 0.3) is 5.78 Å². The van der Waals surface area contributed by atoms with Gasteiger partial charge in [-0.05, 0) is 37.1 Å². The monoisotopic (exact) mass is 356 g/mol. The topological polar surface area (TPSA) is 78.6 Å². The zero-order chi connectivity index (χ0) is 17.6. The van der Waals surface area contributed by atoms with Gasteiger partial charge in [-0.3, -0.25) is 4.79 Å². The van der Waals surface area contributed by atoms with Crippen molar-refractivity contribution in [1.29, 1.82) is 0 Å². The van der Waals surface area contributed by atoms with Gasteiger partial charge in [-0.2, -0.15) is 14.6 Å². The number of thioether (sulfide) groups is 1. The van der Waals surface area contributed by atoms with Crippen LogP contribution in [-0.2, 0) is 6.42 Å². The summed E-state index contributed by atoms with van der Waals surface area (Å²) >= 11 is 1.48. The van der Waals surface area contributed by atoms with Crippen LogP contribution < -0.4 is 9.47 Å². The maximum absolute atomic E-state index is 12.9. The Bertz CT molecular complexity index is 985. The summed E-state index contributed by atoms with van der Waals surface area (Å²) in [4.78, 5) is 21.3. The highest BCUT2D eigenvalue weighted by molar-refractivity contribution is 8.00. The Morgan fingerprint density at radius 2 is 1.96 bits per heavy atom. The Hall–Kier alpha value is -2.61. The number of ketones is 1. The summed E-state index contributed by atoms with van der Waals surface area (Å²) in [6.07, 6.45) is 2.10. The first-order chi connectivity index (χ1) is 12.1. The van der Waals surface area contributed by atoms with Crippen molar-refractivity contribution in [3.05, 3.63) is 41.3 Å². The van der Waals surface area contributed by atoms with Crippen LogP contribution in [0.15, 0.2) is 29.6 Å². The van der Waals surface area contributed by atoms with Crippen molar-refractivity contribution >= 4 is 23.3 Å². The van der Waals surface area contributed by atoms with Gasteiger partial charge in [0.05, 0.1) is 19.5 Å². The van der Waals surface area contributed by atoms with E-state index in [1.807, 2.05) is 19.1 Å². The van der Waals surface area contributed by atoms with E-state index in [4.69, 9.17) is 9.47 Å². The highest BCUT2D eigenvalue weighted by Crippen LogP contribution is 2.39. The number of aryl methyl sites for hydroxylation is 1. The number of benzene rings is 1. The number of carbonyl (C=O) groups is 1. The van der Waals surface area contributed by atoms with Crippen molar-refractivity contribution in [3.63, 3.8) is 0 Å². The molecule has 1 aliphatic carbocycles. The van der Waals surface area contributed by atoms with E-state index in [0.29, 0.717) is 29.3 Å².